The standard InChI is InChI=1S/C14H20N6O4/c1-2-14(23)10(22)8(5-21)24-13(14)20-7-19-9-11(16-4-3-15)17-6-18-12(9)20/h2,6-8,10,13,21-23H,1,3-5,15H2,(H,16,17,18)/t8-,10-,13-,14-/m1/s1. The lowest BCUT2D eigenvalue weighted by Gasteiger charge is -2.28. The van der Waals surface area contributed by atoms with Crippen LogP contribution >= 0.6 is 0 Å². The summed E-state index contributed by atoms with van der Waals surface area (Å²) in [5, 5.41) is 33.3. The van der Waals surface area contributed by atoms with Crippen LogP contribution in [0.25, 0.3) is 11.2 Å². The first-order valence-corrected chi connectivity index (χ1v) is 7.48. The van der Waals surface area contributed by atoms with E-state index in [0.29, 0.717) is 30.1 Å². The largest absolute Gasteiger partial charge is 0.394 e. The third kappa shape index (κ3) is 2.44. The predicted octanol–water partition coefficient (Wildman–Crippen LogP) is -1.64. The molecule has 0 radical (unpaired) electrons. The van der Waals surface area contributed by atoms with Crippen LogP contribution in [0.1, 0.15) is 6.23 Å². The fourth-order valence-corrected chi connectivity index (χ4v) is 2.79. The Labute approximate surface area is 137 Å². The van der Waals surface area contributed by atoms with E-state index in [1.54, 1.807) is 0 Å². The molecule has 10 heteroatoms. The van der Waals surface area contributed by atoms with Crippen LogP contribution in [-0.4, -0.2) is 72.3 Å². The molecule has 2 aromatic heterocycles. The SMILES string of the molecule is C=C[C@@]1(O)[C@H](O)[C@@H](CO)O[C@H]1n1cnc2c(NCCN)ncnc21. The molecule has 0 amide bonds. The van der Waals surface area contributed by atoms with Crippen molar-refractivity contribution < 1.29 is 20.1 Å². The summed E-state index contributed by atoms with van der Waals surface area (Å²) in [5.41, 5.74) is 4.56. The van der Waals surface area contributed by atoms with Crippen molar-refractivity contribution in [2.45, 2.75) is 24.0 Å². The third-order valence-corrected chi connectivity index (χ3v) is 4.08. The van der Waals surface area contributed by atoms with E-state index >= 15 is 0 Å². The number of aliphatic hydroxyl groups is 3. The van der Waals surface area contributed by atoms with Gasteiger partial charge in [0.1, 0.15) is 18.5 Å². The average Bonchev–Trinajstić information content (AvgIpc) is 3.13. The second-order valence-electron chi connectivity index (χ2n) is 5.51. The van der Waals surface area contributed by atoms with Crippen molar-refractivity contribution in [2.24, 2.45) is 5.73 Å². The number of nitrogens with zero attached hydrogens (tertiary/aromatic N) is 4. The number of hydrogen-bond acceptors (Lipinski definition) is 9. The van der Waals surface area contributed by atoms with Gasteiger partial charge in [0.15, 0.2) is 28.8 Å². The van der Waals surface area contributed by atoms with Crippen molar-refractivity contribution >= 4 is 17.0 Å². The van der Waals surface area contributed by atoms with E-state index in [2.05, 4.69) is 26.8 Å². The molecule has 1 fully saturated rings. The topological polar surface area (TPSA) is 152 Å². The van der Waals surface area contributed by atoms with Crippen molar-refractivity contribution in [1.29, 1.82) is 0 Å². The molecular weight excluding hydrogens is 316 g/mol. The number of anilines is 1. The first kappa shape index (κ1) is 16.7. The number of nitrogens with one attached hydrogen (secondary N) is 1. The second-order valence-corrected chi connectivity index (χ2v) is 5.51. The number of rotatable bonds is 6. The minimum Gasteiger partial charge on any atom is -0.394 e. The lowest BCUT2D eigenvalue weighted by Crippen LogP contribution is -2.45. The van der Waals surface area contributed by atoms with Crippen molar-refractivity contribution in [2.75, 3.05) is 25.0 Å². The van der Waals surface area contributed by atoms with Crippen LogP contribution in [0, 0.1) is 0 Å². The molecule has 24 heavy (non-hydrogen) atoms. The molecule has 0 spiro atoms. The van der Waals surface area contributed by atoms with E-state index in [9.17, 15) is 15.3 Å². The van der Waals surface area contributed by atoms with Crippen molar-refractivity contribution in [3.05, 3.63) is 25.3 Å². The number of ether oxygens (including phenoxy) is 1. The maximum atomic E-state index is 10.7. The summed E-state index contributed by atoms with van der Waals surface area (Å²) in [6.07, 6.45) is 0.647. The maximum absolute atomic E-state index is 10.7. The molecule has 2 aromatic rings. The third-order valence-electron chi connectivity index (χ3n) is 4.08. The number of fused-ring (bicyclic) bond motifs is 1. The van der Waals surface area contributed by atoms with Crippen molar-refractivity contribution in [3.8, 4) is 0 Å². The van der Waals surface area contributed by atoms with Gasteiger partial charge in [-0.05, 0) is 0 Å². The second kappa shape index (κ2) is 6.42. The number of nitrogens with two attached hydrogens (primary N) is 1. The van der Waals surface area contributed by atoms with Crippen LogP contribution in [0.5, 0.6) is 0 Å². The summed E-state index contributed by atoms with van der Waals surface area (Å²) in [4.78, 5) is 12.6. The highest BCUT2D eigenvalue weighted by Crippen LogP contribution is 2.40. The lowest BCUT2D eigenvalue weighted by molar-refractivity contribution is -0.0771. The summed E-state index contributed by atoms with van der Waals surface area (Å²) in [6, 6.07) is 0. The number of aromatic nitrogens is 4. The Bertz CT molecular complexity index is 737. The normalized spacial score (nSPS) is 29.9. The molecule has 4 atom stereocenters. The Morgan fingerprint density at radius 2 is 2.25 bits per heavy atom. The molecule has 1 aliphatic rings. The van der Waals surface area contributed by atoms with E-state index in [0.717, 1.165) is 0 Å². The predicted molar refractivity (Wildman–Crippen MR) is 85.0 cm³/mol. The van der Waals surface area contributed by atoms with E-state index in [1.165, 1.54) is 23.3 Å². The van der Waals surface area contributed by atoms with Gasteiger partial charge in [-0.15, -0.1) is 0 Å². The van der Waals surface area contributed by atoms with Crippen molar-refractivity contribution in [3.63, 3.8) is 0 Å². The smallest absolute Gasteiger partial charge is 0.172 e. The minimum absolute atomic E-state index is 0.403. The summed E-state index contributed by atoms with van der Waals surface area (Å²) in [6.45, 7) is 4.07. The summed E-state index contributed by atoms with van der Waals surface area (Å²) in [5.74, 6) is 0.503. The fourth-order valence-electron chi connectivity index (χ4n) is 2.79. The van der Waals surface area contributed by atoms with E-state index in [4.69, 9.17) is 10.5 Å². The quantitative estimate of drug-likeness (QED) is 0.391. The monoisotopic (exact) mass is 336 g/mol. The van der Waals surface area contributed by atoms with Gasteiger partial charge in [-0.3, -0.25) is 4.57 Å². The molecular formula is C14H20N6O4. The number of aliphatic hydroxyl groups excluding tert-OH is 2. The highest BCUT2D eigenvalue weighted by Gasteiger charge is 2.54. The molecule has 130 valence electrons. The van der Waals surface area contributed by atoms with Gasteiger partial charge in [0.05, 0.1) is 12.9 Å². The molecule has 10 nitrogen and oxygen atoms in total. The Kier molecular flexibility index (Phi) is 4.47. The Morgan fingerprint density at radius 3 is 2.92 bits per heavy atom. The van der Waals surface area contributed by atoms with E-state index in [-0.39, 0.29) is 0 Å². The fraction of sp³-hybridized carbons (Fsp3) is 0.500. The zero-order valence-corrected chi connectivity index (χ0v) is 12.9. The van der Waals surface area contributed by atoms with Crippen molar-refractivity contribution in [1.82, 2.24) is 19.5 Å². The van der Waals surface area contributed by atoms with Gasteiger partial charge in [0.2, 0.25) is 0 Å². The summed E-state index contributed by atoms with van der Waals surface area (Å²) < 4.78 is 7.08. The molecule has 0 aromatic carbocycles. The number of imidazole rings is 1. The zero-order chi connectivity index (χ0) is 17.3. The Balaban J connectivity index is 2.05. The molecule has 1 aliphatic heterocycles. The first-order valence-electron chi connectivity index (χ1n) is 7.48. The van der Waals surface area contributed by atoms with Gasteiger partial charge < -0.3 is 31.1 Å². The molecule has 0 aliphatic carbocycles. The molecule has 3 heterocycles. The van der Waals surface area contributed by atoms with Gasteiger partial charge in [0, 0.05) is 13.1 Å². The molecule has 0 unspecified atom stereocenters. The van der Waals surface area contributed by atoms with Crippen LogP contribution < -0.4 is 11.1 Å². The Hall–Kier alpha value is -2.11. The van der Waals surface area contributed by atoms with Gasteiger partial charge in [-0.1, -0.05) is 12.7 Å². The average molecular weight is 336 g/mol. The van der Waals surface area contributed by atoms with Crippen LogP contribution in [0.4, 0.5) is 5.82 Å². The van der Waals surface area contributed by atoms with Crippen LogP contribution in [-0.2, 0) is 4.74 Å². The molecule has 0 bridgehead atoms. The van der Waals surface area contributed by atoms with E-state index in [1.807, 2.05) is 0 Å². The van der Waals surface area contributed by atoms with Crippen LogP contribution in [0.3, 0.4) is 0 Å². The minimum atomic E-state index is -1.79. The molecule has 3 rings (SSSR count). The van der Waals surface area contributed by atoms with Gasteiger partial charge in [-0.25, -0.2) is 15.0 Å². The first-order chi connectivity index (χ1) is 11.6. The highest BCUT2D eigenvalue weighted by molar-refractivity contribution is 5.82. The summed E-state index contributed by atoms with van der Waals surface area (Å²) >= 11 is 0. The van der Waals surface area contributed by atoms with Crippen LogP contribution in [0.2, 0.25) is 0 Å². The van der Waals surface area contributed by atoms with E-state index < -0.39 is 30.6 Å². The maximum Gasteiger partial charge on any atom is 0.172 e. The molecule has 6 N–H and O–H groups in total. The summed E-state index contributed by atoms with van der Waals surface area (Å²) in [7, 11) is 0. The van der Waals surface area contributed by atoms with Crippen LogP contribution in [0.15, 0.2) is 25.3 Å². The van der Waals surface area contributed by atoms with Gasteiger partial charge in [0.25, 0.3) is 0 Å². The Morgan fingerprint density at radius 1 is 1.46 bits per heavy atom. The highest BCUT2D eigenvalue weighted by atomic mass is 16.6. The number of hydrogen-bond donors (Lipinski definition) is 5. The lowest BCUT2D eigenvalue weighted by atomic mass is 9.94. The molecule has 0 saturated carbocycles. The van der Waals surface area contributed by atoms with Gasteiger partial charge in [-0.2, -0.15) is 0 Å². The molecule has 1 saturated heterocycles. The zero-order valence-electron chi connectivity index (χ0n) is 12.9. The van der Waals surface area contributed by atoms with Gasteiger partial charge >= 0.3 is 0 Å².